The van der Waals surface area contributed by atoms with Gasteiger partial charge in [-0.3, -0.25) is 0 Å². The van der Waals surface area contributed by atoms with Gasteiger partial charge in [0.2, 0.25) is 0 Å². The molecule has 112 valence electrons. The molecule has 2 fully saturated rings. The van der Waals surface area contributed by atoms with Crippen molar-refractivity contribution < 1.29 is 5.11 Å². The molecule has 0 bridgehead atoms. The lowest BCUT2D eigenvalue weighted by atomic mass is 9.54. The van der Waals surface area contributed by atoms with Crippen molar-refractivity contribution in [2.75, 3.05) is 19.6 Å². The van der Waals surface area contributed by atoms with E-state index in [1.165, 1.54) is 19.3 Å². The number of rotatable bonds is 4. The topological polar surface area (TPSA) is 58.3 Å². The van der Waals surface area contributed by atoms with Gasteiger partial charge in [0.25, 0.3) is 0 Å². The summed E-state index contributed by atoms with van der Waals surface area (Å²) in [6.07, 6.45) is 7.96. The highest BCUT2D eigenvalue weighted by molar-refractivity contribution is 5.07. The largest absolute Gasteiger partial charge is 0.389 e. The van der Waals surface area contributed by atoms with E-state index >= 15 is 0 Å². The predicted molar refractivity (Wildman–Crippen MR) is 80.0 cm³/mol. The van der Waals surface area contributed by atoms with Gasteiger partial charge < -0.3 is 16.2 Å². The van der Waals surface area contributed by atoms with Gasteiger partial charge in [0.05, 0.1) is 5.60 Å². The maximum Gasteiger partial charge on any atom is 0.0767 e. The van der Waals surface area contributed by atoms with E-state index in [2.05, 4.69) is 19.2 Å². The number of piperidine rings is 1. The fraction of sp³-hybridized carbons (Fsp3) is 1.00. The molecule has 1 saturated heterocycles. The molecule has 3 heteroatoms. The molecule has 0 aromatic carbocycles. The van der Waals surface area contributed by atoms with E-state index in [0.29, 0.717) is 12.5 Å². The molecular weight excluding hydrogens is 236 g/mol. The smallest absolute Gasteiger partial charge is 0.0767 e. The van der Waals surface area contributed by atoms with Crippen LogP contribution in [0.15, 0.2) is 0 Å². The summed E-state index contributed by atoms with van der Waals surface area (Å²) in [6.45, 7) is 7.02. The molecule has 0 aromatic rings. The first kappa shape index (κ1) is 15.3. The molecular formula is C16H32N2O. The quantitative estimate of drug-likeness (QED) is 0.733. The lowest BCUT2D eigenvalue weighted by Crippen LogP contribution is -2.63. The SMILES string of the molecule is CCC1CCCC(CN)(C2(O)CCNCC2CC)C1. The Labute approximate surface area is 118 Å². The highest BCUT2D eigenvalue weighted by atomic mass is 16.3. The predicted octanol–water partition coefficient (Wildman–Crippen LogP) is 2.28. The third-order valence-electron chi connectivity index (χ3n) is 6.08. The second-order valence-corrected chi connectivity index (χ2v) is 6.84. The van der Waals surface area contributed by atoms with Crippen LogP contribution in [0.2, 0.25) is 0 Å². The van der Waals surface area contributed by atoms with Gasteiger partial charge in [-0.25, -0.2) is 0 Å². The molecule has 0 radical (unpaired) electrons. The van der Waals surface area contributed by atoms with Crippen molar-refractivity contribution >= 4 is 0 Å². The van der Waals surface area contributed by atoms with Crippen molar-refractivity contribution in [3.8, 4) is 0 Å². The molecule has 4 N–H and O–H groups in total. The first-order valence-electron chi connectivity index (χ1n) is 8.25. The third kappa shape index (κ3) is 2.57. The van der Waals surface area contributed by atoms with Gasteiger partial charge in [0, 0.05) is 24.4 Å². The van der Waals surface area contributed by atoms with E-state index in [1.54, 1.807) is 0 Å². The van der Waals surface area contributed by atoms with Crippen LogP contribution < -0.4 is 11.1 Å². The van der Waals surface area contributed by atoms with Crippen molar-refractivity contribution in [3.05, 3.63) is 0 Å². The fourth-order valence-corrected chi connectivity index (χ4v) is 4.70. The van der Waals surface area contributed by atoms with E-state index in [9.17, 15) is 5.11 Å². The van der Waals surface area contributed by atoms with Crippen LogP contribution in [-0.4, -0.2) is 30.3 Å². The number of hydrogen-bond acceptors (Lipinski definition) is 3. The van der Waals surface area contributed by atoms with Crippen molar-refractivity contribution in [2.45, 2.75) is 64.4 Å². The van der Waals surface area contributed by atoms with Gasteiger partial charge in [-0.15, -0.1) is 0 Å². The summed E-state index contributed by atoms with van der Waals surface area (Å²) in [4.78, 5) is 0. The summed E-state index contributed by atoms with van der Waals surface area (Å²) in [7, 11) is 0. The lowest BCUT2D eigenvalue weighted by Gasteiger charge is -2.56. The molecule has 2 aliphatic rings. The molecule has 1 aliphatic heterocycles. The first-order valence-corrected chi connectivity index (χ1v) is 8.25. The Hall–Kier alpha value is -0.120. The normalized spacial score (nSPS) is 44.2. The van der Waals surface area contributed by atoms with Crippen molar-refractivity contribution in [1.29, 1.82) is 0 Å². The van der Waals surface area contributed by atoms with Gasteiger partial charge >= 0.3 is 0 Å². The van der Waals surface area contributed by atoms with E-state index in [-0.39, 0.29) is 5.41 Å². The Bertz CT molecular complexity index is 296. The highest BCUT2D eigenvalue weighted by Gasteiger charge is 2.55. The van der Waals surface area contributed by atoms with E-state index < -0.39 is 5.60 Å². The average molecular weight is 268 g/mol. The maximum absolute atomic E-state index is 11.5. The summed E-state index contributed by atoms with van der Waals surface area (Å²) in [6, 6.07) is 0. The molecule has 1 aliphatic carbocycles. The van der Waals surface area contributed by atoms with Crippen LogP contribution >= 0.6 is 0 Å². The van der Waals surface area contributed by atoms with Crippen LogP contribution in [0.4, 0.5) is 0 Å². The Morgan fingerprint density at radius 2 is 2.05 bits per heavy atom. The second-order valence-electron chi connectivity index (χ2n) is 6.84. The van der Waals surface area contributed by atoms with Gasteiger partial charge in [0.15, 0.2) is 0 Å². The van der Waals surface area contributed by atoms with Crippen LogP contribution in [0.25, 0.3) is 0 Å². The number of nitrogens with two attached hydrogens (primary N) is 1. The molecule has 1 heterocycles. The lowest BCUT2D eigenvalue weighted by molar-refractivity contribution is -0.160. The second kappa shape index (κ2) is 6.11. The summed E-state index contributed by atoms with van der Waals surface area (Å²) < 4.78 is 0. The molecule has 0 amide bonds. The van der Waals surface area contributed by atoms with Crippen LogP contribution in [0.1, 0.15) is 58.8 Å². The zero-order chi connectivity index (χ0) is 13.9. The third-order valence-corrected chi connectivity index (χ3v) is 6.08. The Kier molecular flexibility index (Phi) is 4.91. The van der Waals surface area contributed by atoms with Crippen LogP contribution in [0.3, 0.4) is 0 Å². The summed E-state index contributed by atoms with van der Waals surface area (Å²) in [5.41, 5.74) is 5.63. The number of nitrogens with one attached hydrogen (secondary N) is 1. The number of aliphatic hydroxyl groups is 1. The molecule has 1 saturated carbocycles. The minimum atomic E-state index is -0.546. The van der Waals surface area contributed by atoms with E-state index in [0.717, 1.165) is 44.7 Å². The highest BCUT2D eigenvalue weighted by Crippen LogP contribution is 2.52. The molecule has 3 nitrogen and oxygen atoms in total. The molecule has 4 unspecified atom stereocenters. The average Bonchev–Trinajstić information content (AvgIpc) is 2.47. The van der Waals surface area contributed by atoms with Gasteiger partial charge in [-0.05, 0) is 38.1 Å². The molecule has 19 heavy (non-hydrogen) atoms. The zero-order valence-corrected chi connectivity index (χ0v) is 12.8. The molecule has 2 rings (SSSR count). The van der Waals surface area contributed by atoms with E-state index in [4.69, 9.17) is 5.73 Å². The van der Waals surface area contributed by atoms with Crippen molar-refractivity contribution in [1.82, 2.24) is 5.32 Å². The molecule has 4 atom stereocenters. The first-order chi connectivity index (χ1) is 9.12. The van der Waals surface area contributed by atoms with Gasteiger partial charge in [0.1, 0.15) is 0 Å². The van der Waals surface area contributed by atoms with Crippen LogP contribution in [-0.2, 0) is 0 Å². The Morgan fingerprint density at radius 1 is 1.26 bits per heavy atom. The zero-order valence-electron chi connectivity index (χ0n) is 12.8. The van der Waals surface area contributed by atoms with Crippen molar-refractivity contribution in [3.63, 3.8) is 0 Å². The summed E-state index contributed by atoms with van der Waals surface area (Å²) in [5.74, 6) is 1.12. The minimum absolute atomic E-state index is 0.0330. The monoisotopic (exact) mass is 268 g/mol. The van der Waals surface area contributed by atoms with Crippen LogP contribution in [0.5, 0.6) is 0 Å². The van der Waals surface area contributed by atoms with Gasteiger partial charge in [-0.2, -0.15) is 0 Å². The van der Waals surface area contributed by atoms with Crippen molar-refractivity contribution in [2.24, 2.45) is 23.0 Å². The van der Waals surface area contributed by atoms with Gasteiger partial charge in [-0.1, -0.05) is 33.1 Å². The number of hydrogen-bond donors (Lipinski definition) is 3. The van der Waals surface area contributed by atoms with Crippen LogP contribution in [0, 0.1) is 17.3 Å². The summed E-state index contributed by atoms with van der Waals surface area (Å²) >= 11 is 0. The Morgan fingerprint density at radius 3 is 2.68 bits per heavy atom. The maximum atomic E-state index is 11.5. The van der Waals surface area contributed by atoms with E-state index in [1.807, 2.05) is 0 Å². The Balaban J connectivity index is 2.26. The summed E-state index contributed by atoms with van der Waals surface area (Å²) in [5, 5.41) is 14.9. The minimum Gasteiger partial charge on any atom is -0.389 e. The molecule has 0 spiro atoms. The standard InChI is InChI=1S/C16H32N2O/c1-3-13-6-5-7-15(10-13,12-17)16(19)8-9-18-11-14(16)4-2/h13-14,18-19H,3-12,17H2,1-2H3. The molecule has 0 aromatic heterocycles. The fourth-order valence-electron chi connectivity index (χ4n) is 4.70.